The number of nitro groups is 1. The number of benzene rings is 2. The molecule has 12 heteroatoms. The third-order valence-corrected chi connectivity index (χ3v) is 5.73. The lowest BCUT2D eigenvalue weighted by atomic mass is 10.2. The highest BCUT2D eigenvalue weighted by Crippen LogP contribution is 2.36. The second-order valence-electron chi connectivity index (χ2n) is 6.34. The SMILES string of the molecule is CN(Cc1cnn(-c2ccccc2)c1)c1ccc(S(=O)(=O)C(F)(F)F)cc1[N+](=O)[O-]. The quantitative estimate of drug-likeness (QED) is 0.428. The van der Waals surface area contributed by atoms with E-state index in [9.17, 15) is 31.7 Å². The van der Waals surface area contributed by atoms with Gasteiger partial charge in [0, 0.05) is 31.4 Å². The molecule has 0 atom stereocenters. The molecule has 1 heterocycles. The highest BCUT2D eigenvalue weighted by Gasteiger charge is 2.47. The van der Waals surface area contributed by atoms with Gasteiger partial charge in [0.15, 0.2) is 0 Å². The third kappa shape index (κ3) is 4.13. The summed E-state index contributed by atoms with van der Waals surface area (Å²) in [5, 5.41) is 15.6. The van der Waals surface area contributed by atoms with Crippen LogP contribution in [0.1, 0.15) is 5.56 Å². The topological polar surface area (TPSA) is 98.3 Å². The summed E-state index contributed by atoms with van der Waals surface area (Å²) in [5.41, 5.74) is -4.85. The minimum absolute atomic E-state index is 0.0337. The number of sulfone groups is 1. The van der Waals surface area contributed by atoms with Crippen LogP contribution in [0.3, 0.4) is 0 Å². The number of aromatic nitrogens is 2. The normalized spacial score (nSPS) is 12.0. The van der Waals surface area contributed by atoms with Crippen LogP contribution in [0.25, 0.3) is 5.69 Å². The Morgan fingerprint density at radius 2 is 1.83 bits per heavy atom. The van der Waals surface area contributed by atoms with E-state index in [1.807, 2.05) is 30.3 Å². The Labute approximate surface area is 169 Å². The van der Waals surface area contributed by atoms with E-state index in [4.69, 9.17) is 0 Å². The number of nitro benzene ring substituents is 1. The molecule has 0 fully saturated rings. The Morgan fingerprint density at radius 3 is 2.43 bits per heavy atom. The molecule has 8 nitrogen and oxygen atoms in total. The molecular formula is C18H15F3N4O4S. The van der Waals surface area contributed by atoms with Gasteiger partial charge in [-0.3, -0.25) is 10.1 Å². The average Bonchev–Trinajstić information content (AvgIpc) is 3.15. The van der Waals surface area contributed by atoms with E-state index in [2.05, 4.69) is 5.10 Å². The molecule has 0 unspecified atom stereocenters. The van der Waals surface area contributed by atoms with Crippen molar-refractivity contribution in [2.75, 3.05) is 11.9 Å². The lowest BCUT2D eigenvalue weighted by Gasteiger charge is -2.19. The highest BCUT2D eigenvalue weighted by molar-refractivity contribution is 7.92. The van der Waals surface area contributed by atoms with Crippen LogP contribution in [-0.2, 0) is 16.4 Å². The third-order valence-electron chi connectivity index (χ3n) is 4.25. The second kappa shape index (κ2) is 7.78. The van der Waals surface area contributed by atoms with Crippen molar-refractivity contribution in [1.82, 2.24) is 9.78 Å². The van der Waals surface area contributed by atoms with Gasteiger partial charge in [0.2, 0.25) is 0 Å². The molecule has 0 spiro atoms. The number of hydrogen-bond donors (Lipinski definition) is 0. The van der Waals surface area contributed by atoms with Crippen molar-refractivity contribution in [1.29, 1.82) is 0 Å². The number of hydrogen-bond acceptors (Lipinski definition) is 6. The maximum atomic E-state index is 12.8. The minimum Gasteiger partial charge on any atom is -0.365 e. The van der Waals surface area contributed by atoms with Crippen LogP contribution in [0, 0.1) is 10.1 Å². The van der Waals surface area contributed by atoms with Gasteiger partial charge in [-0.05, 0) is 24.3 Å². The van der Waals surface area contributed by atoms with Crippen molar-refractivity contribution >= 4 is 21.2 Å². The van der Waals surface area contributed by atoms with E-state index in [0.717, 1.165) is 11.8 Å². The Balaban J connectivity index is 1.90. The van der Waals surface area contributed by atoms with Crippen molar-refractivity contribution in [3.05, 3.63) is 76.6 Å². The fourth-order valence-electron chi connectivity index (χ4n) is 2.80. The largest absolute Gasteiger partial charge is 0.501 e. The molecule has 30 heavy (non-hydrogen) atoms. The molecule has 3 aromatic rings. The Kier molecular flexibility index (Phi) is 5.53. The predicted molar refractivity (Wildman–Crippen MR) is 102 cm³/mol. The molecule has 0 radical (unpaired) electrons. The maximum Gasteiger partial charge on any atom is 0.501 e. The summed E-state index contributed by atoms with van der Waals surface area (Å²) in [6, 6.07) is 11.3. The first-order chi connectivity index (χ1) is 14.0. The van der Waals surface area contributed by atoms with Crippen LogP contribution in [0.2, 0.25) is 0 Å². The summed E-state index contributed by atoms with van der Waals surface area (Å²) in [4.78, 5) is 10.7. The van der Waals surface area contributed by atoms with Gasteiger partial charge in [0.05, 0.1) is 21.7 Å². The van der Waals surface area contributed by atoms with Crippen molar-refractivity contribution in [3.63, 3.8) is 0 Å². The molecular weight excluding hydrogens is 425 g/mol. The number of nitrogens with zero attached hydrogens (tertiary/aromatic N) is 4. The van der Waals surface area contributed by atoms with Gasteiger partial charge in [-0.25, -0.2) is 13.1 Å². The van der Waals surface area contributed by atoms with Crippen molar-refractivity contribution in [3.8, 4) is 5.69 Å². The summed E-state index contributed by atoms with van der Waals surface area (Å²) >= 11 is 0. The van der Waals surface area contributed by atoms with E-state index in [1.54, 1.807) is 17.1 Å². The van der Waals surface area contributed by atoms with Crippen LogP contribution in [0.5, 0.6) is 0 Å². The van der Waals surface area contributed by atoms with E-state index < -0.39 is 30.9 Å². The highest BCUT2D eigenvalue weighted by atomic mass is 32.2. The van der Waals surface area contributed by atoms with Gasteiger partial charge >= 0.3 is 5.51 Å². The van der Waals surface area contributed by atoms with Crippen molar-refractivity contribution in [2.45, 2.75) is 16.9 Å². The van der Waals surface area contributed by atoms with E-state index in [-0.39, 0.29) is 12.2 Å². The summed E-state index contributed by atoms with van der Waals surface area (Å²) in [5.74, 6) is 0. The standard InChI is InChI=1S/C18H15F3N4O4S/c1-23(11-13-10-22-24(12-13)14-5-3-2-4-6-14)16-8-7-15(9-17(16)25(26)27)30(28,29)18(19,20)21/h2-10,12H,11H2,1H3. The molecule has 0 aliphatic rings. The number of para-hydroxylation sites is 1. The first-order valence-electron chi connectivity index (χ1n) is 8.40. The van der Waals surface area contributed by atoms with E-state index in [1.165, 1.54) is 11.9 Å². The smallest absolute Gasteiger partial charge is 0.365 e. The predicted octanol–water partition coefficient (Wildman–Crippen LogP) is 3.71. The lowest BCUT2D eigenvalue weighted by Crippen LogP contribution is -2.24. The first kappa shape index (κ1) is 21.3. The Bertz CT molecular complexity index is 1180. The second-order valence-corrected chi connectivity index (χ2v) is 8.28. The summed E-state index contributed by atoms with van der Waals surface area (Å²) in [6.45, 7) is 0.152. The minimum atomic E-state index is -5.70. The van der Waals surface area contributed by atoms with Crippen LogP contribution < -0.4 is 4.90 Å². The molecule has 158 valence electrons. The monoisotopic (exact) mass is 440 g/mol. The van der Waals surface area contributed by atoms with E-state index >= 15 is 0 Å². The summed E-state index contributed by atoms with van der Waals surface area (Å²) in [7, 11) is -4.20. The number of alkyl halides is 3. The van der Waals surface area contributed by atoms with Gasteiger partial charge < -0.3 is 4.90 Å². The lowest BCUT2D eigenvalue weighted by molar-refractivity contribution is -0.384. The van der Waals surface area contributed by atoms with Gasteiger partial charge in [0.25, 0.3) is 15.5 Å². The fourth-order valence-corrected chi connectivity index (χ4v) is 3.58. The van der Waals surface area contributed by atoms with Crippen LogP contribution in [0.15, 0.2) is 65.8 Å². The Morgan fingerprint density at radius 1 is 1.17 bits per heavy atom. The van der Waals surface area contributed by atoms with Crippen molar-refractivity contribution < 1.29 is 26.5 Å². The summed E-state index contributed by atoms with van der Waals surface area (Å²) < 4.78 is 63.0. The average molecular weight is 440 g/mol. The van der Waals surface area contributed by atoms with E-state index in [0.29, 0.717) is 17.7 Å². The first-order valence-corrected chi connectivity index (χ1v) is 9.89. The van der Waals surface area contributed by atoms with Gasteiger partial charge in [-0.2, -0.15) is 18.3 Å². The molecule has 3 rings (SSSR count). The number of rotatable bonds is 6. The molecule has 0 bridgehead atoms. The van der Waals surface area contributed by atoms with Crippen LogP contribution >= 0.6 is 0 Å². The number of halogens is 3. The van der Waals surface area contributed by atoms with Gasteiger partial charge in [-0.1, -0.05) is 18.2 Å². The number of anilines is 1. The molecule has 0 N–H and O–H groups in total. The summed E-state index contributed by atoms with van der Waals surface area (Å²) in [6.07, 6.45) is 3.26. The Hall–Kier alpha value is -3.41. The zero-order valence-corrected chi connectivity index (χ0v) is 16.3. The molecule has 1 aromatic heterocycles. The molecule has 0 amide bonds. The molecule has 0 aliphatic carbocycles. The van der Waals surface area contributed by atoms with Crippen LogP contribution in [0.4, 0.5) is 24.5 Å². The maximum absolute atomic E-state index is 12.8. The molecule has 0 aliphatic heterocycles. The van der Waals surface area contributed by atoms with Crippen LogP contribution in [-0.4, -0.2) is 35.7 Å². The van der Waals surface area contributed by atoms with Gasteiger partial charge in [0.1, 0.15) is 5.69 Å². The van der Waals surface area contributed by atoms with Crippen molar-refractivity contribution in [2.24, 2.45) is 0 Å². The molecule has 0 saturated carbocycles. The molecule has 0 saturated heterocycles. The zero-order valence-electron chi connectivity index (χ0n) is 15.4. The van der Waals surface area contributed by atoms with Gasteiger partial charge in [-0.15, -0.1) is 0 Å². The zero-order chi connectivity index (χ0) is 22.1. The fraction of sp³-hybridized carbons (Fsp3) is 0.167. The molecule has 2 aromatic carbocycles.